The fourth-order valence-electron chi connectivity index (χ4n) is 1.96. The van der Waals surface area contributed by atoms with Gasteiger partial charge in [-0.2, -0.15) is 5.26 Å². The molecule has 20 heavy (non-hydrogen) atoms. The molecule has 1 aromatic carbocycles. The maximum absolute atomic E-state index is 11.0. The number of hydrogen-bond donors (Lipinski definition) is 0. The van der Waals surface area contributed by atoms with Crippen LogP contribution in [-0.2, 0) is 4.74 Å². The minimum Gasteiger partial charge on any atom is -0.379 e. The first-order chi connectivity index (χ1) is 9.70. The van der Waals surface area contributed by atoms with Crippen LogP contribution in [0.5, 0.6) is 0 Å². The van der Waals surface area contributed by atoms with Crippen molar-refractivity contribution in [2.24, 2.45) is 0 Å². The van der Waals surface area contributed by atoms with Gasteiger partial charge in [0.1, 0.15) is 0 Å². The summed E-state index contributed by atoms with van der Waals surface area (Å²) >= 11 is 1.42. The first-order valence-electron chi connectivity index (χ1n) is 6.32. The van der Waals surface area contributed by atoms with Crippen molar-refractivity contribution in [2.45, 2.75) is 4.90 Å². The lowest BCUT2D eigenvalue weighted by Gasteiger charge is -2.26. The monoisotopic (exact) mass is 293 g/mol. The van der Waals surface area contributed by atoms with Gasteiger partial charge in [-0.1, -0.05) is 0 Å². The van der Waals surface area contributed by atoms with Crippen LogP contribution in [0, 0.1) is 21.4 Å². The summed E-state index contributed by atoms with van der Waals surface area (Å²) in [6.07, 6.45) is 0. The summed E-state index contributed by atoms with van der Waals surface area (Å²) in [5.74, 6) is 0.760. The van der Waals surface area contributed by atoms with Crippen LogP contribution in [0.2, 0.25) is 0 Å². The Morgan fingerprint density at radius 1 is 1.45 bits per heavy atom. The van der Waals surface area contributed by atoms with Crippen LogP contribution in [0.4, 0.5) is 5.69 Å². The van der Waals surface area contributed by atoms with Crippen LogP contribution in [0.1, 0.15) is 5.56 Å². The Hall–Kier alpha value is -1.62. The standard InChI is InChI=1S/C13H15N3O3S/c14-10-11-1-2-12(16(17)18)13(9-11)20-8-5-15-3-6-19-7-4-15/h1-2,9H,3-8H2. The molecule has 0 radical (unpaired) electrons. The molecule has 1 heterocycles. The highest BCUT2D eigenvalue weighted by atomic mass is 32.2. The van der Waals surface area contributed by atoms with Crippen molar-refractivity contribution < 1.29 is 9.66 Å². The van der Waals surface area contributed by atoms with E-state index < -0.39 is 4.92 Å². The molecule has 0 N–H and O–H groups in total. The molecule has 106 valence electrons. The zero-order valence-corrected chi connectivity index (χ0v) is 11.8. The number of rotatable bonds is 5. The second-order valence-corrected chi connectivity index (χ2v) is 5.49. The normalized spacial score (nSPS) is 15.8. The van der Waals surface area contributed by atoms with Gasteiger partial charge in [-0.15, -0.1) is 11.8 Å². The Kier molecular flexibility index (Phi) is 5.35. The number of nitrogens with zero attached hydrogens (tertiary/aromatic N) is 3. The molecule has 1 aliphatic heterocycles. The number of hydrogen-bond acceptors (Lipinski definition) is 6. The fraction of sp³-hybridized carbons (Fsp3) is 0.462. The summed E-state index contributed by atoms with van der Waals surface area (Å²) < 4.78 is 5.27. The Bertz CT molecular complexity index is 524. The molecule has 0 spiro atoms. The van der Waals surface area contributed by atoms with E-state index in [4.69, 9.17) is 10.00 Å². The van der Waals surface area contributed by atoms with Gasteiger partial charge in [-0.3, -0.25) is 15.0 Å². The summed E-state index contributed by atoms with van der Waals surface area (Å²) in [7, 11) is 0. The lowest BCUT2D eigenvalue weighted by Crippen LogP contribution is -2.37. The van der Waals surface area contributed by atoms with Gasteiger partial charge in [0.05, 0.1) is 34.7 Å². The Labute approximate surface area is 121 Å². The van der Waals surface area contributed by atoms with E-state index in [1.54, 1.807) is 6.07 Å². The second-order valence-electron chi connectivity index (χ2n) is 4.35. The topological polar surface area (TPSA) is 79.4 Å². The van der Waals surface area contributed by atoms with Gasteiger partial charge in [0.25, 0.3) is 5.69 Å². The van der Waals surface area contributed by atoms with Crippen molar-refractivity contribution in [1.29, 1.82) is 5.26 Å². The number of thioether (sulfide) groups is 1. The van der Waals surface area contributed by atoms with Crippen molar-refractivity contribution in [1.82, 2.24) is 4.90 Å². The third-order valence-electron chi connectivity index (χ3n) is 3.05. The zero-order chi connectivity index (χ0) is 14.4. The highest BCUT2D eigenvalue weighted by molar-refractivity contribution is 7.99. The van der Waals surface area contributed by atoms with Crippen molar-refractivity contribution >= 4 is 17.4 Å². The molecule has 2 rings (SSSR count). The number of ether oxygens (including phenoxy) is 1. The largest absolute Gasteiger partial charge is 0.379 e. The van der Waals surface area contributed by atoms with Crippen LogP contribution < -0.4 is 0 Å². The number of morpholine rings is 1. The molecule has 1 aromatic rings. The molecular formula is C13H15N3O3S. The third kappa shape index (κ3) is 3.93. The van der Waals surface area contributed by atoms with Gasteiger partial charge < -0.3 is 4.74 Å². The van der Waals surface area contributed by atoms with Crippen molar-refractivity contribution in [3.05, 3.63) is 33.9 Å². The molecule has 0 atom stereocenters. The van der Waals surface area contributed by atoms with E-state index in [0.717, 1.165) is 38.6 Å². The van der Waals surface area contributed by atoms with Crippen molar-refractivity contribution in [2.75, 3.05) is 38.6 Å². The smallest absolute Gasteiger partial charge is 0.282 e. The Morgan fingerprint density at radius 2 is 2.20 bits per heavy atom. The van der Waals surface area contributed by atoms with E-state index in [1.807, 2.05) is 6.07 Å². The Morgan fingerprint density at radius 3 is 2.85 bits per heavy atom. The molecule has 0 aliphatic carbocycles. The number of benzene rings is 1. The number of nitro benzene ring substituents is 1. The molecule has 7 heteroatoms. The molecule has 0 saturated carbocycles. The van der Waals surface area contributed by atoms with E-state index in [9.17, 15) is 10.1 Å². The highest BCUT2D eigenvalue weighted by Gasteiger charge is 2.16. The predicted octanol–water partition coefficient (Wildman–Crippen LogP) is 1.89. The average Bonchev–Trinajstić information content (AvgIpc) is 2.48. The molecule has 1 aliphatic rings. The molecular weight excluding hydrogens is 278 g/mol. The van der Waals surface area contributed by atoms with Gasteiger partial charge in [-0.25, -0.2) is 0 Å². The lowest BCUT2D eigenvalue weighted by molar-refractivity contribution is -0.387. The van der Waals surface area contributed by atoms with Gasteiger partial charge >= 0.3 is 0 Å². The third-order valence-corrected chi connectivity index (χ3v) is 4.08. The van der Waals surface area contributed by atoms with Crippen LogP contribution in [0.3, 0.4) is 0 Å². The van der Waals surface area contributed by atoms with Crippen molar-refractivity contribution in [3.8, 4) is 6.07 Å². The molecule has 0 unspecified atom stereocenters. The van der Waals surface area contributed by atoms with E-state index in [1.165, 1.54) is 23.9 Å². The van der Waals surface area contributed by atoms with Crippen LogP contribution >= 0.6 is 11.8 Å². The molecule has 0 amide bonds. The van der Waals surface area contributed by atoms with Gasteiger partial charge in [0.15, 0.2) is 0 Å². The average molecular weight is 293 g/mol. The van der Waals surface area contributed by atoms with E-state index in [2.05, 4.69) is 4.90 Å². The van der Waals surface area contributed by atoms with Crippen LogP contribution in [0.25, 0.3) is 0 Å². The molecule has 0 bridgehead atoms. The number of nitro groups is 1. The van der Waals surface area contributed by atoms with E-state index in [0.29, 0.717) is 10.5 Å². The maximum atomic E-state index is 11.0. The first kappa shape index (κ1) is 14.8. The van der Waals surface area contributed by atoms with E-state index in [-0.39, 0.29) is 5.69 Å². The van der Waals surface area contributed by atoms with Crippen LogP contribution in [-0.4, -0.2) is 48.4 Å². The fourth-order valence-corrected chi connectivity index (χ4v) is 3.03. The summed E-state index contributed by atoms with van der Waals surface area (Å²) in [6.45, 7) is 4.16. The summed E-state index contributed by atoms with van der Waals surface area (Å²) in [6, 6.07) is 6.47. The quantitative estimate of drug-likeness (QED) is 0.468. The summed E-state index contributed by atoms with van der Waals surface area (Å²) in [4.78, 5) is 13.4. The predicted molar refractivity (Wildman–Crippen MR) is 75.8 cm³/mol. The minimum absolute atomic E-state index is 0.0657. The number of nitriles is 1. The van der Waals surface area contributed by atoms with Gasteiger partial charge in [0, 0.05) is 31.5 Å². The van der Waals surface area contributed by atoms with Gasteiger partial charge in [-0.05, 0) is 12.1 Å². The van der Waals surface area contributed by atoms with Crippen LogP contribution in [0.15, 0.2) is 23.1 Å². The van der Waals surface area contributed by atoms with Gasteiger partial charge in [0.2, 0.25) is 0 Å². The van der Waals surface area contributed by atoms with Crippen molar-refractivity contribution in [3.63, 3.8) is 0 Å². The molecule has 0 aromatic heterocycles. The van der Waals surface area contributed by atoms with E-state index >= 15 is 0 Å². The highest BCUT2D eigenvalue weighted by Crippen LogP contribution is 2.30. The molecule has 1 saturated heterocycles. The summed E-state index contributed by atoms with van der Waals surface area (Å²) in [5.41, 5.74) is 0.514. The zero-order valence-electron chi connectivity index (χ0n) is 10.9. The maximum Gasteiger partial charge on any atom is 0.282 e. The Balaban J connectivity index is 1.96. The molecule has 1 fully saturated rings. The lowest BCUT2D eigenvalue weighted by atomic mass is 10.2. The first-order valence-corrected chi connectivity index (χ1v) is 7.30. The SMILES string of the molecule is N#Cc1ccc([N+](=O)[O-])c(SCCN2CCOCC2)c1. The second kappa shape index (κ2) is 7.24. The minimum atomic E-state index is -0.405. The molecule has 6 nitrogen and oxygen atoms in total. The summed E-state index contributed by atoms with van der Waals surface area (Å²) in [5, 5.41) is 19.8.